The number of fused-ring (bicyclic) bond motifs is 1. The molecule has 3 heterocycles. The normalized spacial score (nSPS) is 27.6. The third-order valence-corrected chi connectivity index (χ3v) is 7.11. The van der Waals surface area contributed by atoms with E-state index in [-0.39, 0.29) is 6.54 Å². The van der Waals surface area contributed by atoms with E-state index in [0.717, 1.165) is 30.2 Å². The van der Waals surface area contributed by atoms with Gasteiger partial charge in [-0.25, -0.2) is 18.1 Å². The van der Waals surface area contributed by atoms with Crippen LogP contribution in [0.5, 0.6) is 0 Å². The number of aliphatic hydroxyl groups excluding tert-OH is 1. The Bertz CT molecular complexity index is 863. The summed E-state index contributed by atoms with van der Waals surface area (Å²) < 4.78 is 25.4. The number of hydrogen-bond donors (Lipinski definition) is 4. The van der Waals surface area contributed by atoms with Crippen molar-refractivity contribution in [3.05, 3.63) is 17.2 Å². The maximum absolute atomic E-state index is 11.7. The molecule has 6 N–H and O–H groups in total. The minimum Gasteiger partial charge on any atom is -0.390 e. The Morgan fingerprint density at radius 3 is 2.79 bits per heavy atom. The van der Waals surface area contributed by atoms with E-state index in [0.29, 0.717) is 23.8 Å². The van der Waals surface area contributed by atoms with E-state index in [4.69, 9.17) is 11.5 Å². The van der Waals surface area contributed by atoms with Crippen LogP contribution in [-0.4, -0.2) is 61.2 Å². The van der Waals surface area contributed by atoms with Crippen molar-refractivity contribution in [2.45, 2.75) is 54.6 Å². The molecule has 9 nitrogen and oxygen atoms in total. The van der Waals surface area contributed by atoms with Crippen LogP contribution in [0.1, 0.15) is 36.9 Å². The summed E-state index contributed by atoms with van der Waals surface area (Å²) in [6, 6.07) is 0.970. The molecule has 4 atom stereocenters. The second kappa shape index (κ2) is 8.15. The lowest BCUT2D eigenvalue weighted by Crippen LogP contribution is -2.54. The minimum absolute atomic E-state index is 0.264. The molecule has 3 unspecified atom stereocenters. The summed E-state index contributed by atoms with van der Waals surface area (Å²) in [7, 11) is -3.39. The SMILES string of the molecule is CCCc1cc(N2CCC(NS(C)(=O)=O)[C@@H](O)C2)nc2c1C(N)C(C(N)=O)S2. The fraction of sp³-hybridized carbons (Fsp3) is 0.647. The van der Waals surface area contributed by atoms with Gasteiger partial charge in [0.1, 0.15) is 16.1 Å². The van der Waals surface area contributed by atoms with Crippen molar-refractivity contribution in [1.29, 1.82) is 0 Å². The molecule has 2 aliphatic rings. The van der Waals surface area contributed by atoms with Crippen molar-refractivity contribution in [3.8, 4) is 0 Å². The molecule has 0 spiro atoms. The topological polar surface area (TPSA) is 152 Å². The fourth-order valence-corrected chi connectivity index (χ4v) is 5.79. The highest BCUT2D eigenvalue weighted by Gasteiger charge is 2.38. The number of sulfonamides is 1. The molecular formula is C17H27N5O4S2. The van der Waals surface area contributed by atoms with Crippen molar-refractivity contribution >= 4 is 33.5 Å². The number of aryl methyl sites for hydroxylation is 1. The molecule has 1 amide bonds. The fourth-order valence-electron chi connectivity index (χ4n) is 3.78. The van der Waals surface area contributed by atoms with Crippen molar-refractivity contribution in [2.24, 2.45) is 11.5 Å². The lowest BCUT2D eigenvalue weighted by molar-refractivity contribution is -0.117. The average Bonchev–Trinajstić information content (AvgIpc) is 2.93. The van der Waals surface area contributed by atoms with Gasteiger partial charge in [0.25, 0.3) is 0 Å². The lowest BCUT2D eigenvalue weighted by atomic mass is 9.97. The molecule has 1 aromatic heterocycles. The Kier molecular flexibility index (Phi) is 6.20. The van der Waals surface area contributed by atoms with Crippen LogP contribution in [0.3, 0.4) is 0 Å². The number of rotatable bonds is 6. The monoisotopic (exact) mass is 429 g/mol. The molecule has 0 aliphatic carbocycles. The van der Waals surface area contributed by atoms with Crippen LogP contribution < -0.4 is 21.1 Å². The first-order chi connectivity index (χ1) is 13.1. The third-order valence-electron chi connectivity index (χ3n) is 5.07. The number of thioether (sulfide) groups is 1. The van der Waals surface area contributed by atoms with Gasteiger partial charge in [-0.1, -0.05) is 25.1 Å². The van der Waals surface area contributed by atoms with Crippen LogP contribution in [0.25, 0.3) is 0 Å². The Morgan fingerprint density at radius 2 is 2.21 bits per heavy atom. The van der Waals surface area contributed by atoms with Gasteiger partial charge in [-0.2, -0.15) is 0 Å². The zero-order chi connectivity index (χ0) is 20.6. The molecule has 2 aliphatic heterocycles. The van der Waals surface area contributed by atoms with E-state index in [1.54, 1.807) is 0 Å². The highest BCUT2D eigenvalue weighted by atomic mass is 32.2. The van der Waals surface area contributed by atoms with Gasteiger partial charge in [0.2, 0.25) is 15.9 Å². The van der Waals surface area contributed by atoms with Gasteiger partial charge in [-0.3, -0.25) is 4.79 Å². The summed E-state index contributed by atoms with van der Waals surface area (Å²) in [5.74, 6) is 0.242. The maximum atomic E-state index is 11.7. The second-order valence-electron chi connectivity index (χ2n) is 7.37. The summed E-state index contributed by atoms with van der Waals surface area (Å²) >= 11 is 1.29. The minimum atomic E-state index is -3.39. The molecule has 0 aromatic carbocycles. The summed E-state index contributed by atoms with van der Waals surface area (Å²) in [4.78, 5) is 18.4. The summed E-state index contributed by atoms with van der Waals surface area (Å²) in [6.07, 6.45) is 2.42. The van der Waals surface area contributed by atoms with Gasteiger partial charge >= 0.3 is 0 Å². The maximum Gasteiger partial charge on any atom is 0.232 e. The Labute approximate surface area is 169 Å². The number of aromatic nitrogens is 1. The lowest BCUT2D eigenvalue weighted by Gasteiger charge is -2.37. The molecule has 28 heavy (non-hydrogen) atoms. The molecule has 156 valence electrons. The van der Waals surface area contributed by atoms with Gasteiger partial charge in [-0.05, 0) is 24.5 Å². The number of pyridine rings is 1. The van der Waals surface area contributed by atoms with Crippen LogP contribution in [0.2, 0.25) is 0 Å². The molecule has 0 bridgehead atoms. The van der Waals surface area contributed by atoms with E-state index < -0.39 is 39.4 Å². The zero-order valence-corrected chi connectivity index (χ0v) is 17.6. The van der Waals surface area contributed by atoms with Gasteiger partial charge in [-0.15, -0.1) is 0 Å². The molecular weight excluding hydrogens is 402 g/mol. The van der Waals surface area contributed by atoms with Crippen LogP contribution in [-0.2, 0) is 21.2 Å². The first-order valence-electron chi connectivity index (χ1n) is 9.26. The van der Waals surface area contributed by atoms with Crippen LogP contribution in [0, 0.1) is 0 Å². The quantitative estimate of drug-likeness (QED) is 0.471. The number of nitrogens with zero attached hydrogens (tertiary/aromatic N) is 2. The Hall–Kier alpha value is -1.40. The van der Waals surface area contributed by atoms with Gasteiger partial charge in [0, 0.05) is 18.7 Å². The van der Waals surface area contributed by atoms with E-state index in [2.05, 4.69) is 16.6 Å². The molecule has 1 aromatic rings. The summed E-state index contributed by atoms with van der Waals surface area (Å²) in [5, 5.41) is 10.6. The number of β-amino-alcohol motifs (C(OH)–C–C–N with tert-alkyl or cyclic N) is 1. The van der Waals surface area contributed by atoms with E-state index in [1.165, 1.54) is 11.8 Å². The van der Waals surface area contributed by atoms with Crippen LogP contribution in [0.4, 0.5) is 5.82 Å². The average molecular weight is 430 g/mol. The number of nitrogens with one attached hydrogen (secondary N) is 1. The molecule has 0 radical (unpaired) electrons. The van der Waals surface area contributed by atoms with E-state index in [1.807, 2.05) is 11.0 Å². The number of nitrogens with two attached hydrogens (primary N) is 2. The van der Waals surface area contributed by atoms with Crippen molar-refractivity contribution < 1.29 is 18.3 Å². The van der Waals surface area contributed by atoms with E-state index in [9.17, 15) is 18.3 Å². The Balaban J connectivity index is 1.86. The van der Waals surface area contributed by atoms with Crippen molar-refractivity contribution in [1.82, 2.24) is 9.71 Å². The van der Waals surface area contributed by atoms with Gasteiger partial charge in [0.15, 0.2) is 0 Å². The number of primary amides is 1. The molecule has 1 fully saturated rings. The molecule has 3 rings (SSSR count). The number of aliphatic hydroxyl groups is 1. The number of hydrogen-bond acceptors (Lipinski definition) is 8. The van der Waals surface area contributed by atoms with Crippen LogP contribution in [0.15, 0.2) is 11.1 Å². The standard InChI is InChI=1S/C17H27N5O4S2/c1-3-4-9-7-12(20-17-13(9)14(18)15(27-17)16(19)24)22-6-5-10(11(23)8-22)21-28(2,25)26/h7,10-11,14-15,21,23H,3-6,8,18H2,1-2H3,(H2,19,24)/t10?,11-,14?,15?/m0/s1. The smallest absolute Gasteiger partial charge is 0.232 e. The third kappa shape index (κ3) is 4.43. The van der Waals surface area contributed by atoms with Crippen molar-refractivity contribution in [2.75, 3.05) is 24.2 Å². The summed E-state index contributed by atoms with van der Waals surface area (Å²) in [6.45, 7) is 2.88. The van der Waals surface area contributed by atoms with E-state index >= 15 is 0 Å². The first kappa shape index (κ1) is 21.3. The number of piperidine rings is 1. The molecule has 11 heteroatoms. The number of carbonyl (C=O) groups excluding carboxylic acids is 1. The van der Waals surface area contributed by atoms with Crippen molar-refractivity contribution in [3.63, 3.8) is 0 Å². The van der Waals surface area contributed by atoms with Crippen LogP contribution >= 0.6 is 11.8 Å². The number of anilines is 1. The predicted molar refractivity (Wildman–Crippen MR) is 109 cm³/mol. The number of amides is 1. The highest BCUT2D eigenvalue weighted by molar-refractivity contribution is 8.01. The Morgan fingerprint density at radius 1 is 1.50 bits per heavy atom. The summed E-state index contributed by atoms with van der Waals surface area (Å²) in [5.41, 5.74) is 13.7. The highest BCUT2D eigenvalue weighted by Crippen LogP contribution is 2.44. The molecule has 0 saturated carbocycles. The molecule has 1 saturated heterocycles. The second-order valence-corrected chi connectivity index (χ2v) is 10.3. The zero-order valence-electron chi connectivity index (χ0n) is 16.0. The first-order valence-corrected chi connectivity index (χ1v) is 12.0. The number of carbonyl (C=O) groups is 1. The van der Waals surface area contributed by atoms with Gasteiger partial charge < -0.3 is 21.5 Å². The largest absolute Gasteiger partial charge is 0.390 e. The predicted octanol–water partition coefficient (Wildman–Crippen LogP) is -0.518. The van der Waals surface area contributed by atoms with Gasteiger partial charge in [0.05, 0.1) is 24.4 Å².